The zero-order chi connectivity index (χ0) is 19.9. The number of nitrogens with one attached hydrogen (secondary N) is 1. The molecule has 0 radical (unpaired) electrons. The largest absolute Gasteiger partial charge is 0.504 e. The van der Waals surface area contributed by atoms with E-state index in [1.165, 1.54) is 25.7 Å². The van der Waals surface area contributed by atoms with Gasteiger partial charge < -0.3 is 10.4 Å². The first-order chi connectivity index (χ1) is 13.6. The molecular formula is C22H23FN2O3. The van der Waals surface area contributed by atoms with Crippen LogP contribution >= 0.6 is 0 Å². The highest BCUT2D eigenvalue weighted by molar-refractivity contribution is 6.05. The van der Waals surface area contributed by atoms with E-state index in [1.807, 2.05) is 6.21 Å². The highest BCUT2D eigenvalue weighted by atomic mass is 19.1. The molecule has 0 bridgehead atoms. The fourth-order valence-corrected chi connectivity index (χ4v) is 3.12. The highest BCUT2D eigenvalue weighted by Crippen LogP contribution is 2.30. The summed E-state index contributed by atoms with van der Waals surface area (Å²) in [5.41, 5.74) is 0.994. The van der Waals surface area contributed by atoms with Crippen molar-refractivity contribution in [2.24, 2.45) is 10.9 Å². The molecule has 0 atom stereocenters. The lowest BCUT2D eigenvalue weighted by Crippen LogP contribution is -2.12. The predicted octanol–water partition coefficient (Wildman–Crippen LogP) is 5.27. The third-order valence-electron chi connectivity index (χ3n) is 5.02. The summed E-state index contributed by atoms with van der Waals surface area (Å²) in [5, 5.41) is 12.0. The van der Waals surface area contributed by atoms with E-state index in [4.69, 9.17) is 0 Å². The second-order valence-corrected chi connectivity index (χ2v) is 7.05. The summed E-state index contributed by atoms with van der Waals surface area (Å²) in [4.78, 5) is 27.5. The Morgan fingerprint density at radius 2 is 2.00 bits per heavy atom. The number of aliphatic imine (C=N–C) groups is 1. The first kappa shape index (κ1) is 19.7. The molecule has 0 heterocycles. The average molecular weight is 382 g/mol. The molecule has 28 heavy (non-hydrogen) atoms. The molecule has 2 N–H and O–H groups in total. The number of hydrogen-bond acceptors (Lipinski definition) is 4. The van der Waals surface area contributed by atoms with Gasteiger partial charge in [-0.25, -0.2) is 4.39 Å². The molecule has 0 saturated heterocycles. The van der Waals surface area contributed by atoms with Gasteiger partial charge in [-0.15, -0.1) is 0 Å². The fraction of sp³-hybridized carbons (Fsp3) is 0.318. The van der Waals surface area contributed by atoms with E-state index in [1.54, 1.807) is 24.3 Å². The van der Waals surface area contributed by atoms with Gasteiger partial charge in [0.15, 0.2) is 17.9 Å². The van der Waals surface area contributed by atoms with Crippen LogP contribution in [0.4, 0.5) is 15.8 Å². The lowest BCUT2D eigenvalue weighted by molar-refractivity contribution is 0.102. The van der Waals surface area contributed by atoms with Gasteiger partial charge in [0.05, 0.1) is 11.3 Å². The van der Waals surface area contributed by atoms with Crippen molar-refractivity contribution in [2.75, 3.05) is 5.32 Å². The smallest absolute Gasteiger partial charge is 0.255 e. The Kier molecular flexibility index (Phi) is 6.53. The van der Waals surface area contributed by atoms with E-state index in [2.05, 4.69) is 10.3 Å². The normalized spacial score (nSPS) is 14.0. The van der Waals surface area contributed by atoms with E-state index in [9.17, 15) is 19.1 Å². The van der Waals surface area contributed by atoms with Crippen molar-refractivity contribution in [2.45, 2.75) is 38.5 Å². The second kappa shape index (κ2) is 9.26. The van der Waals surface area contributed by atoms with E-state index in [-0.39, 0.29) is 11.1 Å². The van der Waals surface area contributed by atoms with Gasteiger partial charge in [0.25, 0.3) is 5.91 Å². The Morgan fingerprint density at radius 3 is 2.64 bits per heavy atom. The van der Waals surface area contributed by atoms with E-state index in [0.717, 1.165) is 36.6 Å². The van der Waals surface area contributed by atoms with E-state index in [0.29, 0.717) is 12.0 Å². The van der Waals surface area contributed by atoms with Gasteiger partial charge in [0.1, 0.15) is 0 Å². The van der Waals surface area contributed by atoms with Crippen LogP contribution in [0.25, 0.3) is 0 Å². The molecule has 0 aromatic heterocycles. The highest BCUT2D eigenvalue weighted by Gasteiger charge is 2.16. The summed E-state index contributed by atoms with van der Waals surface area (Å²) in [6.45, 7) is 0. The van der Waals surface area contributed by atoms with Gasteiger partial charge in [-0.05, 0) is 55.2 Å². The van der Waals surface area contributed by atoms with Gasteiger partial charge in [0.2, 0.25) is 0 Å². The molecule has 0 aliphatic heterocycles. The predicted molar refractivity (Wildman–Crippen MR) is 107 cm³/mol. The number of halogens is 1. The third-order valence-corrected chi connectivity index (χ3v) is 5.02. The molecule has 1 aliphatic rings. The van der Waals surface area contributed by atoms with Gasteiger partial charge >= 0.3 is 0 Å². The van der Waals surface area contributed by atoms with Crippen LogP contribution in [-0.2, 0) is 0 Å². The number of nitrogens with zero attached hydrogens (tertiary/aromatic N) is 1. The van der Waals surface area contributed by atoms with Crippen molar-refractivity contribution in [3.8, 4) is 5.75 Å². The van der Waals surface area contributed by atoms with Crippen molar-refractivity contribution in [3.63, 3.8) is 0 Å². The Balaban J connectivity index is 1.54. The number of aldehydes is 1. The van der Waals surface area contributed by atoms with Crippen LogP contribution in [0, 0.1) is 11.7 Å². The Bertz CT molecular complexity index is 874. The topological polar surface area (TPSA) is 78.8 Å². The minimum absolute atomic E-state index is 0.0500. The zero-order valence-electron chi connectivity index (χ0n) is 15.5. The number of carbonyl (C=O) groups excluding carboxylic acids is 2. The zero-order valence-corrected chi connectivity index (χ0v) is 15.5. The maximum absolute atomic E-state index is 13.6. The van der Waals surface area contributed by atoms with Crippen LogP contribution in [0.3, 0.4) is 0 Å². The monoisotopic (exact) mass is 382 g/mol. The average Bonchev–Trinajstić information content (AvgIpc) is 2.66. The summed E-state index contributed by atoms with van der Waals surface area (Å²) in [6, 6.07) is 9.01. The number of aromatic hydroxyl groups is 1. The molecular weight excluding hydrogens is 359 g/mol. The summed E-state index contributed by atoms with van der Waals surface area (Å²) in [7, 11) is 0. The quantitative estimate of drug-likeness (QED) is 0.371. The van der Waals surface area contributed by atoms with Crippen molar-refractivity contribution in [1.82, 2.24) is 0 Å². The second-order valence-electron chi connectivity index (χ2n) is 7.05. The van der Waals surface area contributed by atoms with Gasteiger partial charge in [0, 0.05) is 17.5 Å². The summed E-state index contributed by atoms with van der Waals surface area (Å²) in [5.74, 6) is -1.44. The van der Waals surface area contributed by atoms with Gasteiger partial charge in [-0.3, -0.25) is 14.6 Å². The van der Waals surface area contributed by atoms with Crippen molar-refractivity contribution in [1.29, 1.82) is 0 Å². The minimum atomic E-state index is -1.02. The molecule has 6 heteroatoms. The van der Waals surface area contributed by atoms with E-state index >= 15 is 0 Å². The van der Waals surface area contributed by atoms with Crippen LogP contribution in [0.15, 0.2) is 41.4 Å². The van der Waals surface area contributed by atoms with Gasteiger partial charge in [-0.1, -0.05) is 25.7 Å². The number of phenols is 1. The summed E-state index contributed by atoms with van der Waals surface area (Å²) < 4.78 is 13.6. The van der Waals surface area contributed by atoms with Crippen LogP contribution in [0.5, 0.6) is 5.75 Å². The van der Waals surface area contributed by atoms with Gasteiger partial charge in [-0.2, -0.15) is 0 Å². The number of carbonyl (C=O) groups is 2. The van der Waals surface area contributed by atoms with Crippen molar-refractivity contribution in [3.05, 3.63) is 53.3 Å². The SMILES string of the molecule is O=Cc1cc(C(=O)Nc2ccc(N=CCCCC3CCC3)cc2)cc(F)c1O. The number of amides is 1. The molecule has 2 aromatic carbocycles. The summed E-state index contributed by atoms with van der Waals surface area (Å²) >= 11 is 0. The molecule has 0 unspecified atom stereocenters. The fourth-order valence-electron chi connectivity index (χ4n) is 3.12. The van der Waals surface area contributed by atoms with Crippen LogP contribution < -0.4 is 5.32 Å². The molecule has 146 valence electrons. The molecule has 1 aliphatic carbocycles. The van der Waals surface area contributed by atoms with Crippen LogP contribution in [0.1, 0.15) is 59.2 Å². The Hall–Kier alpha value is -3.02. The molecule has 1 saturated carbocycles. The maximum Gasteiger partial charge on any atom is 0.255 e. The first-order valence-electron chi connectivity index (χ1n) is 9.48. The maximum atomic E-state index is 13.6. The van der Waals surface area contributed by atoms with Crippen molar-refractivity contribution >= 4 is 29.8 Å². The lowest BCUT2D eigenvalue weighted by Gasteiger charge is -2.24. The molecule has 1 amide bonds. The molecule has 5 nitrogen and oxygen atoms in total. The number of benzene rings is 2. The summed E-state index contributed by atoms with van der Waals surface area (Å²) in [6.07, 6.45) is 9.74. The minimum Gasteiger partial charge on any atom is -0.504 e. The third kappa shape index (κ3) is 5.03. The first-order valence-corrected chi connectivity index (χ1v) is 9.48. The Morgan fingerprint density at radius 1 is 1.25 bits per heavy atom. The van der Waals surface area contributed by atoms with E-state index < -0.39 is 17.5 Å². The molecule has 0 spiro atoms. The lowest BCUT2D eigenvalue weighted by atomic mass is 9.82. The number of hydrogen-bond donors (Lipinski definition) is 2. The number of rotatable bonds is 8. The Labute approximate surface area is 163 Å². The number of phenolic OH excluding ortho intramolecular Hbond substituents is 1. The van der Waals surface area contributed by atoms with Crippen molar-refractivity contribution < 1.29 is 19.1 Å². The number of unbranched alkanes of at least 4 members (excludes halogenated alkanes) is 1. The van der Waals surface area contributed by atoms with Crippen LogP contribution in [0.2, 0.25) is 0 Å². The molecule has 1 fully saturated rings. The number of anilines is 1. The molecule has 2 aromatic rings. The molecule has 3 rings (SSSR count). The van der Waals surface area contributed by atoms with Crippen LogP contribution in [-0.4, -0.2) is 23.5 Å². The standard InChI is InChI=1S/C22H23FN2O3/c23-20-13-16(12-17(14-26)21(20)27)22(28)25-19-9-7-18(8-10-19)24-11-2-1-4-15-5-3-6-15/h7-15,27H,1-6H2,(H,25,28).